The number of hydrogen-bond acceptors (Lipinski definition) is 3. The average molecular weight is 403 g/mol. The molecule has 2 saturated carbocycles. The van der Waals surface area contributed by atoms with Gasteiger partial charge in [0.05, 0.1) is 12.5 Å². The van der Waals surface area contributed by atoms with E-state index >= 15 is 0 Å². The van der Waals surface area contributed by atoms with E-state index in [2.05, 4.69) is 16.7 Å². The first kappa shape index (κ1) is 21.2. The van der Waals surface area contributed by atoms with Gasteiger partial charge in [-0.2, -0.15) is 5.26 Å². The molecule has 7 heteroatoms. The van der Waals surface area contributed by atoms with Crippen LogP contribution in [0.3, 0.4) is 0 Å². The second-order valence-corrected chi connectivity index (χ2v) is 8.63. The molecule has 156 valence electrons. The Hall–Kier alpha value is -2.49. The van der Waals surface area contributed by atoms with Crippen molar-refractivity contribution in [2.75, 3.05) is 6.54 Å². The van der Waals surface area contributed by atoms with Gasteiger partial charge in [-0.15, -0.1) is 0 Å². The van der Waals surface area contributed by atoms with Crippen LogP contribution in [0.4, 0.5) is 8.78 Å². The highest BCUT2D eigenvalue weighted by Gasteiger charge is 2.64. The van der Waals surface area contributed by atoms with Crippen LogP contribution < -0.4 is 10.6 Å². The fourth-order valence-electron chi connectivity index (χ4n) is 4.19. The summed E-state index contributed by atoms with van der Waals surface area (Å²) in [7, 11) is 0. The molecule has 1 aromatic rings. The van der Waals surface area contributed by atoms with Crippen LogP contribution in [-0.4, -0.2) is 24.4 Å². The van der Waals surface area contributed by atoms with Crippen molar-refractivity contribution in [1.29, 1.82) is 5.26 Å². The molecule has 0 heterocycles. The van der Waals surface area contributed by atoms with Gasteiger partial charge in [-0.1, -0.05) is 24.3 Å². The lowest BCUT2D eigenvalue weighted by Gasteiger charge is -2.41. The van der Waals surface area contributed by atoms with E-state index in [-0.39, 0.29) is 35.3 Å². The lowest BCUT2D eigenvalue weighted by atomic mass is 9.60. The maximum Gasteiger partial charge on any atom is 0.263 e. The third-order valence-corrected chi connectivity index (χ3v) is 6.06. The van der Waals surface area contributed by atoms with Crippen LogP contribution >= 0.6 is 0 Å². The Labute approximate surface area is 169 Å². The van der Waals surface area contributed by atoms with Gasteiger partial charge in [0, 0.05) is 18.2 Å². The van der Waals surface area contributed by atoms with Crippen molar-refractivity contribution in [2.45, 2.75) is 64.3 Å². The third-order valence-electron chi connectivity index (χ3n) is 6.06. The molecule has 2 fully saturated rings. The second kappa shape index (κ2) is 8.48. The van der Waals surface area contributed by atoms with Gasteiger partial charge in [-0.25, -0.2) is 8.78 Å². The Morgan fingerprint density at radius 3 is 2.41 bits per heavy atom. The van der Waals surface area contributed by atoms with Crippen LogP contribution in [0.15, 0.2) is 24.3 Å². The molecule has 0 bridgehead atoms. The van der Waals surface area contributed by atoms with Crippen molar-refractivity contribution >= 4 is 11.8 Å². The maximum atomic E-state index is 12.6. The number of nitrogens with zero attached hydrogens (tertiary/aromatic N) is 1. The average Bonchev–Trinajstić information content (AvgIpc) is 3.44. The first-order valence-corrected chi connectivity index (χ1v) is 10.1. The van der Waals surface area contributed by atoms with E-state index in [1.165, 1.54) is 12.1 Å². The predicted molar refractivity (Wildman–Crippen MR) is 104 cm³/mol. The van der Waals surface area contributed by atoms with E-state index in [0.29, 0.717) is 37.8 Å². The van der Waals surface area contributed by atoms with Gasteiger partial charge in [0.1, 0.15) is 5.41 Å². The van der Waals surface area contributed by atoms with Crippen LogP contribution in [0.5, 0.6) is 0 Å². The fraction of sp³-hybridized carbons (Fsp3) is 0.591. The zero-order valence-electron chi connectivity index (χ0n) is 16.6. The van der Waals surface area contributed by atoms with E-state index in [1.54, 1.807) is 12.1 Å². The summed E-state index contributed by atoms with van der Waals surface area (Å²) in [5.41, 5.74) is 0.0704. The quantitative estimate of drug-likeness (QED) is 0.618. The second-order valence-electron chi connectivity index (χ2n) is 8.63. The molecule has 1 spiro atoms. The van der Waals surface area contributed by atoms with Gasteiger partial charge < -0.3 is 10.6 Å². The standard InChI is InChI=1S/C22H27F2N3O2/c1-15(27-18(28)11-16-4-6-17(7-5-16)19(23)24)3-2-10-26-20(29)22(14-25)12-21(13-22)8-9-21/h4-7,15,19H,2-3,8-13H2,1H3,(H,26,29)(H,27,28). The van der Waals surface area contributed by atoms with Crippen LogP contribution in [0.1, 0.15) is 63.0 Å². The number of rotatable bonds is 9. The topological polar surface area (TPSA) is 82.0 Å². The van der Waals surface area contributed by atoms with Crippen LogP contribution in [0.25, 0.3) is 0 Å². The van der Waals surface area contributed by atoms with Crippen molar-refractivity contribution in [3.05, 3.63) is 35.4 Å². The minimum Gasteiger partial charge on any atom is -0.355 e. The highest BCUT2D eigenvalue weighted by Crippen LogP contribution is 2.68. The lowest BCUT2D eigenvalue weighted by Crippen LogP contribution is -2.50. The zero-order chi connectivity index (χ0) is 21.1. The normalized spacial score (nSPS) is 19.1. The number of amides is 2. The van der Waals surface area contributed by atoms with Crippen molar-refractivity contribution in [3.8, 4) is 6.07 Å². The minimum atomic E-state index is -2.51. The molecule has 0 saturated heterocycles. The molecule has 29 heavy (non-hydrogen) atoms. The fourth-order valence-corrected chi connectivity index (χ4v) is 4.19. The van der Waals surface area contributed by atoms with E-state index < -0.39 is 11.8 Å². The van der Waals surface area contributed by atoms with Crippen molar-refractivity contribution in [2.24, 2.45) is 10.8 Å². The molecule has 1 atom stereocenters. The Balaban J connectivity index is 1.32. The molecular formula is C22H27F2N3O2. The molecule has 1 aromatic carbocycles. The number of benzene rings is 1. The molecule has 1 unspecified atom stereocenters. The first-order valence-electron chi connectivity index (χ1n) is 10.1. The van der Waals surface area contributed by atoms with Gasteiger partial charge in [-0.05, 0) is 56.4 Å². The van der Waals surface area contributed by atoms with Crippen LogP contribution in [0.2, 0.25) is 0 Å². The number of carbonyl (C=O) groups is 2. The van der Waals surface area contributed by atoms with Gasteiger partial charge in [0.2, 0.25) is 11.8 Å². The Bertz CT molecular complexity index is 789. The van der Waals surface area contributed by atoms with Gasteiger partial charge in [-0.3, -0.25) is 9.59 Å². The van der Waals surface area contributed by atoms with E-state index in [0.717, 1.165) is 12.8 Å². The van der Waals surface area contributed by atoms with Crippen molar-refractivity contribution in [3.63, 3.8) is 0 Å². The Morgan fingerprint density at radius 1 is 1.21 bits per heavy atom. The lowest BCUT2D eigenvalue weighted by molar-refractivity contribution is -0.135. The molecule has 2 aliphatic carbocycles. The van der Waals surface area contributed by atoms with Gasteiger partial charge >= 0.3 is 0 Å². The van der Waals surface area contributed by atoms with E-state index in [9.17, 15) is 23.6 Å². The molecule has 3 rings (SSSR count). The molecule has 5 nitrogen and oxygen atoms in total. The summed E-state index contributed by atoms with van der Waals surface area (Å²) in [5, 5.41) is 15.1. The van der Waals surface area contributed by atoms with Crippen LogP contribution in [-0.2, 0) is 16.0 Å². The largest absolute Gasteiger partial charge is 0.355 e. The number of hydrogen-bond donors (Lipinski definition) is 2. The third kappa shape index (κ3) is 5.11. The molecule has 2 amide bonds. The number of nitriles is 1. The summed E-state index contributed by atoms with van der Waals surface area (Å²) in [6, 6.07) is 7.89. The smallest absolute Gasteiger partial charge is 0.263 e. The van der Waals surface area contributed by atoms with Gasteiger partial charge in [0.15, 0.2) is 0 Å². The summed E-state index contributed by atoms with van der Waals surface area (Å²) in [5.74, 6) is -0.333. The highest BCUT2D eigenvalue weighted by molar-refractivity contribution is 5.87. The number of halogens is 2. The maximum absolute atomic E-state index is 12.6. The molecule has 0 radical (unpaired) electrons. The SMILES string of the molecule is CC(CCCNC(=O)C1(C#N)CC2(CC2)C1)NC(=O)Cc1ccc(C(F)F)cc1. The summed E-state index contributed by atoms with van der Waals surface area (Å²) in [6.45, 7) is 2.36. The molecular weight excluding hydrogens is 376 g/mol. The van der Waals surface area contributed by atoms with Gasteiger partial charge in [0.25, 0.3) is 6.43 Å². The van der Waals surface area contributed by atoms with Crippen LogP contribution in [0, 0.1) is 22.2 Å². The molecule has 2 aliphatic rings. The first-order chi connectivity index (χ1) is 13.8. The van der Waals surface area contributed by atoms with E-state index in [4.69, 9.17) is 0 Å². The van der Waals surface area contributed by atoms with Crippen molar-refractivity contribution < 1.29 is 18.4 Å². The Morgan fingerprint density at radius 2 is 1.86 bits per heavy atom. The molecule has 0 aromatic heterocycles. The predicted octanol–water partition coefficient (Wildman–Crippen LogP) is 3.65. The highest BCUT2D eigenvalue weighted by atomic mass is 19.3. The minimum absolute atomic E-state index is 0.0584. The van der Waals surface area contributed by atoms with Crippen molar-refractivity contribution in [1.82, 2.24) is 10.6 Å². The molecule has 2 N–H and O–H groups in total. The monoisotopic (exact) mass is 403 g/mol. The summed E-state index contributed by atoms with van der Waals surface area (Å²) >= 11 is 0. The van der Waals surface area contributed by atoms with E-state index in [1.807, 2.05) is 6.92 Å². The number of carbonyl (C=O) groups excluding carboxylic acids is 2. The molecule has 0 aliphatic heterocycles. The summed E-state index contributed by atoms with van der Waals surface area (Å²) in [4.78, 5) is 24.4. The number of nitrogens with one attached hydrogen (secondary N) is 2. The zero-order valence-corrected chi connectivity index (χ0v) is 16.6. The summed E-state index contributed by atoms with van der Waals surface area (Å²) < 4.78 is 25.1. The number of alkyl halides is 2. The Kier molecular flexibility index (Phi) is 6.21. The summed E-state index contributed by atoms with van der Waals surface area (Å²) in [6.07, 6.45) is 2.66.